The molecule has 0 unspecified atom stereocenters. The first kappa shape index (κ1) is 18.8. The number of nitrogens with zero attached hydrogens (tertiary/aromatic N) is 3. The van der Waals surface area contributed by atoms with Crippen molar-refractivity contribution in [2.75, 3.05) is 0 Å². The van der Waals surface area contributed by atoms with Gasteiger partial charge in [-0.05, 0) is 55.8 Å². The fourth-order valence-electron chi connectivity index (χ4n) is 2.83. The predicted octanol–water partition coefficient (Wildman–Crippen LogP) is 6.32. The van der Waals surface area contributed by atoms with Gasteiger partial charge in [0.1, 0.15) is 21.5 Å². The molecule has 3 nitrogen and oxygen atoms in total. The Hall–Kier alpha value is -2.57. The van der Waals surface area contributed by atoms with Crippen molar-refractivity contribution < 1.29 is 4.39 Å². The lowest BCUT2D eigenvalue weighted by molar-refractivity contribution is 0.628. The normalized spacial score (nSPS) is 11.0. The fraction of sp³-hybridized carbons (Fsp3) is 0.136. The molecule has 0 spiro atoms. The molecule has 0 saturated carbocycles. The smallest absolute Gasteiger partial charge is 0.124 e. The summed E-state index contributed by atoms with van der Waals surface area (Å²) in [4.78, 5) is 5.60. The van der Waals surface area contributed by atoms with Crippen LogP contribution in [0.4, 0.5) is 4.39 Å². The molecule has 2 heterocycles. The molecule has 0 aliphatic carbocycles. The average molecular weight is 408 g/mol. The van der Waals surface area contributed by atoms with E-state index in [2.05, 4.69) is 46.4 Å². The van der Waals surface area contributed by atoms with Crippen LogP contribution in [-0.4, -0.2) is 15.2 Å². The van der Waals surface area contributed by atoms with E-state index in [1.165, 1.54) is 23.3 Å². The van der Waals surface area contributed by atoms with Gasteiger partial charge < -0.3 is 0 Å². The van der Waals surface area contributed by atoms with Crippen LogP contribution in [-0.2, 0) is 5.75 Å². The summed E-state index contributed by atoms with van der Waals surface area (Å²) in [6, 6.07) is 18.9. The van der Waals surface area contributed by atoms with E-state index in [0.29, 0.717) is 0 Å². The van der Waals surface area contributed by atoms with Crippen LogP contribution >= 0.6 is 23.1 Å². The van der Waals surface area contributed by atoms with E-state index in [1.54, 1.807) is 35.2 Å². The molecule has 6 heteroatoms. The molecule has 0 aliphatic rings. The Morgan fingerprint density at radius 3 is 2.50 bits per heavy atom. The maximum atomic E-state index is 13.1. The van der Waals surface area contributed by atoms with Crippen LogP contribution in [0.5, 0.6) is 0 Å². The number of hydrogen-bond donors (Lipinski definition) is 0. The van der Waals surface area contributed by atoms with Gasteiger partial charge in [0.25, 0.3) is 0 Å². The maximum absolute atomic E-state index is 13.1. The second-order valence-corrected chi connectivity index (χ2v) is 8.47. The molecule has 0 saturated heterocycles. The van der Waals surface area contributed by atoms with Gasteiger partial charge in [0.15, 0.2) is 0 Å². The molecule has 0 N–H and O–H groups in total. The molecule has 0 aliphatic heterocycles. The molecule has 4 rings (SSSR count). The number of hydrogen-bond acceptors (Lipinski definition) is 5. The van der Waals surface area contributed by atoms with Crippen molar-refractivity contribution in [3.63, 3.8) is 0 Å². The zero-order chi connectivity index (χ0) is 19.5. The van der Waals surface area contributed by atoms with Crippen molar-refractivity contribution in [1.82, 2.24) is 15.2 Å². The summed E-state index contributed by atoms with van der Waals surface area (Å²) in [6.07, 6.45) is 0. The summed E-state index contributed by atoms with van der Waals surface area (Å²) in [5.41, 5.74) is 5.15. The number of thiazole rings is 1. The minimum Gasteiger partial charge on any atom is -0.241 e. The second-order valence-electron chi connectivity index (χ2n) is 6.47. The monoisotopic (exact) mass is 407 g/mol. The van der Waals surface area contributed by atoms with Crippen LogP contribution in [0.2, 0.25) is 0 Å². The standard InChI is InChI=1S/C22H18FN3S2/c1-14-4-3-5-16(12-14)13-27-20-11-10-19(25-26-20)21-15(2)24-22(28-21)17-6-8-18(23)9-7-17/h3-12H,13H2,1-2H3. The lowest BCUT2D eigenvalue weighted by Crippen LogP contribution is -1.90. The van der Waals surface area contributed by atoms with Crippen LogP contribution in [0, 0.1) is 19.7 Å². The molecular formula is C22H18FN3S2. The molecule has 0 fully saturated rings. The minimum atomic E-state index is -0.248. The summed E-state index contributed by atoms with van der Waals surface area (Å²) < 4.78 is 13.1. The second kappa shape index (κ2) is 8.20. The molecule has 140 valence electrons. The number of rotatable bonds is 5. The van der Waals surface area contributed by atoms with E-state index in [0.717, 1.165) is 37.6 Å². The average Bonchev–Trinajstić information content (AvgIpc) is 3.09. The quantitative estimate of drug-likeness (QED) is 0.363. The van der Waals surface area contributed by atoms with Crippen LogP contribution in [0.3, 0.4) is 0 Å². The highest BCUT2D eigenvalue weighted by Crippen LogP contribution is 2.34. The van der Waals surface area contributed by atoms with Gasteiger partial charge in [-0.2, -0.15) is 0 Å². The molecule has 0 radical (unpaired) electrons. The van der Waals surface area contributed by atoms with Gasteiger partial charge in [0, 0.05) is 11.3 Å². The summed E-state index contributed by atoms with van der Waals surface area (Å²) in [5, 5.41) is 10.5. The highest BCUT2D eigenvalue weighted by atomic mass is 32.2. The van der Waals surface area contributed by atoms with E-state index >= 15 is 0 Å². The zero-order valence-electron chi connectivity index (χ0n) is 15.5. The molecule has 28 heavy (non-hydrogen) atoms. The number of thioether (sulfide) groups is 1. The highest BCUT2D eigenvalue weighted by molar-refractivity contribution is 7.98. The summed E-state index contributed by atoms with van der Waals surface area (Å²) in [6.45, 7) is 4.06. The van der Waals surface area contributed by atoms with Crippen molar-refractivity contribution in [3.05, 3.63) is 83.3 Å². The lowest BCUT2D eigenvalue weighted by Gasteiger charge is -2.03. The Morgan fingerprint density at radius 1 is 0.964 bits per heavy atom. The first-order valence-electron chi connectivity index (χ1n) is 8.84. The molecule has 4 aromatic rings. The van der Waals surface area contributed by atoms with Crippen LogP contribution in [0.25, 0.3) is 21.1 Å². The Bertz CT molecular complexity index is 1090. The van der Waals surface area contributed by atoms with E-state index in [1.807, 2.05) is 19.1 Å². The van der Waals surface area contributed by atoms with E-state index in [9.17, 15) is 4.39 Å². The third-order valence-corrected chi connectivity index (χ3v) is 6.45. The predicted molar refractivity (Wildman–Crippen MR) is 114 cm³/mol. The number of aromatic nitrogens is 3. The first-order valence-corrected chi connectivity index (χ1v) is 10.6. The van der Waals surface area contributed by atoms with Crippen molar-refractivity contribution >= 4 is 23.1 Å². The van der Waals surface area contributed by atoms with Crippen LogP contribution in [0.15, 0.2) is 65.7 Å². The Morgan fingerprint density at radius 2 is 1.79 bits per heavy atom. The summed E-state index contributed by atoms with van der Waals surface area (Å²) >= 11 is 3.22. The van der Waals surface area contributed by atoms with Crippen molar-refractivity contribution in [2.45, 2.75) is 24.6 Å². The van der Waals surface area contributed by atoms with E-state index < -0.39 is 0 Å². The Kier molecular flexibility index (Phi) is 5.50. The maximum Gasteiger partial charge on any atom is 0.124 e. The van der Waals surface area contributed by atoms with Gasteiger partial charge in [-0.3, -0.25) is 0 Å². The van der Waals surface area contributed by atoms with Crippen molar-refractivity contribution in [2.24, 2.45) is 0 Å². The SMILES string of the molecule is Cc1cccc(CSc2ccc(-c3sc(-c4ccc(F)cc4)nc3C)nn2)c1. The van der Waals surface area contributed by atoms with Gasteiger partial charge in [-0.15, -0.1) is 21.5 Å². The Labute approximate surface area is 171 Å². The van der Waals surface area contributed by atoms with E-state index in [4.69, 9.17) is 0 Å². The van der Waals surface area contributed by atoms with Crippen LogP contribution in [0.1, 0.15) is 16.8 Å². The van der Waals surface area contributed by atoms with Gasteiger partial charge >= 0.3 is 0 Å². The van der Waals surface area contributed by atoms with Crippen molar-refractivity contribution in [3.8, 4) is 21.1 Å². The number of aryl methyl sites for hydroxylation is 2. The number of halogens is 1. The van der Waals surface area contributed by atoms with Gasteiger partial charge in [-0.25, -0.2) is 9.37 Å². The highest BCUT2D eigenvalue weighted by Gasteiger charge is 2.13. The lowest BCUT2D eigenvalue weighted by atomic mass is 10.2. The molecule has 0 amide bonds. The van der Waals surface area contributed by atoms with Gasteiger partial charge in [0.05, 0.1) is 10.6 Å². The van der Waals surface area contributed by atoms with Crippen LogP contribution < -0.4 is 0 Å². The summed E-state index contributed by atoms with van der Waals surface area (Å²) in [7, 11) is 0. The van der Waals surface area contributed by atoms with Gasteiger partial charge in [0.2, 0.25) is 0 Å². The minimum absolute atomic E-state index is 0.248. The van der Waals surface area contributed by atoms with Gasteiger partial charge in [-0.1, -0.05) is 41.6 Å². The molecule has 0 atom stereocenters. The molecule has 0 bridgehead atoms. The third-order valence-electron chi connectivity index (χ3n) is 4.23. The largest absolute Gasteiger partial charge is 0.241 e. The van der Waals surface area contributed by atoms with E-state index in [-0.39, 0.29) is 5.82 Å². The van der Waals surface area contributed by atoms with Crippen molar-refractivity contribution in [1.29, 1.82) is 0 Å². The molecule has 2 aromatic carbocycles. The number of benzene rings is 2. The summed E-state index contributed by atoms with van der Waals surface area (Å²) in [5.74, 6) is 0.617. The first-order chi connectivity index (χ1) is 13.6. The zero-order valence-corrected chi connectivity index (χ0v) is 17.1. The topological polar surface area (TPSA) is 38.7 Å². The molecular weight excluding hydrogens is 389 g/mol. The third kappa shape index (κ3) is 4.29. The molecule has 2 aromatic heterocycles. The fourth-order valence-corrected chi connectivity index (χ4v) is 4.62. The Balaban J connectivity index is 1.50.